The van der Waals surface area contributed by atoms with E-state index in [0.29, 0.717) is 17.9 Å². The fraction of sp³-hybridized carbons (Fsp3) is 0.929. The molecule has 2 aliphatic carbocycles. The summed E-state index contributed by atoms with van der Waals surface area (Å²) in [6, 6.07) is 0. The van der Waals surface area contributed by atoms with Crippen molar-refractivity contribution in [3.8, 4) is 0 Å². The van der Waals surface area contributed by atoms with E-state index >= 15 is 0 Å². The monoisotopic (exact) mass is 438 g/mol. The second-order valence-corrected chi connectivity index (χ2v) is 11.1. The predicted molar refractivity (Wildman–Crippen MR) is 126 cm³/mol. The number of hydrogen-bond acceptors (Lipinski definition) is 1. The van der Waals surface area contributed by atoms with Crippen molar-refractivity contribution in [3.05, 3.63) is 12.2 Å². The lowest BCUT2D eigenvalue weighted by Crippen LogP contribution is -2.32. The lowest BCUT2D eigenvalue weighted by molar-refractivity contribution is -0.0440. The van der Waals surface area contributed by atoms with Gasteiger partial charge in [0.2, 0.25) is 0 Å². The Bertz CT molecular complexity index is 491. The van der Waals surface area contributed by atoms with Gasteiger partial charge in [-0.05, 0) is 87.0 Å². The van der Waals surface area contributed by atoms with Gasteiger partial charge in [-0.15, -0.1) is 0 Å². The Morgan fingerprint density at radius 1 is 0.710 bits per heavy atom. The Morgan fingerprint density at radius 3 is 1.97 bits per heavy atom. The van der Waals surface area contributed by atoms with Gasteiger partial charge in [0.15, 0.2) is 0 Å². The normalized spacial score (nSPS) is 34.4. The predicted octanol–water partition coefficient (Wildman–Crippen LogP) is 9.32. The third-order valence-electron chi connectivity index (χ3n) is 8.83. The molecule has 180 valence electrons. The van der Waals surface area contributed by atoms with Gasteiger partial charge in [0.05, 0.1) is 12.7 Å². The van der Waals surface area contributed by atoms with E-state index in [4.69, 9.17) is 4.74 Å². The smallest absolute Gasteiger partial charge is 0.266 e. The first-order chi connectivity index (χ1) is 15.1. The molecule has 31 heavy (non-hydrogen) atoms. The first-order valence-electron chi connectivity index (χ1n) is 13.8. The summed E-state index contributed by atoms with van der Waals surface area (Å²) in [6.45, 7) is 3.21. The van der Waals surface area contributed by atoms with Crippen LogP contribution in [0.15, 0.2) is 12.2 Å². The number of allylic oxidation sites excluding steroid dienone is 1. The summed E-state index contributed by atoms with van der Waals surface area (Å²) in [5, 5.41) is 0. The van der Waals surface area contributed by atoms with Crippen LogP contribution in [0.3, 0.4) is 0 Å². The molecule has 0 aromatic carbocycles. The number of ether oxygens (including phenoxy) is 1. The highest BCUT2D eigenvalue weighted by Crippen LogP contribution is 2.40. The van der Waals surface area contributed by atoms with Crippen LogP contribution in [0.25, 0.3) is 0 Å². The Balaban J connectivity index is 1.23. The van der Waals surface area contributed by atoms with Gasteiger partial charge in [0, 0.05) is 0 Å². The number of halogens is 2. The maximum atomic E-state index is 12.5. The van der Waals surface area contributed by atoms with Crippen molar-refractivity contribution in [2.45, 2.75) is 129 Å². The lowest BCUT2D eigenvalue weighted by Gasteiger charge is -2.38. The summed E-state index contributed by atoms with van der Waals surface area (Å²) in [7, 11) is 0. The molecule has 0 aromatic heterocycles. The summed E-state index contributed by atoms with van der Waals surface area (Å²) in [5.41, 5.74) is 0. The highest BCUT2D eigenvalue weighted by molar-refractivity contribution is 4.92. The fourth-order valence-electron chi connectivity index (χ4n) is 6.65. The van der Waals surface area contributed by atoms with Crippen molar-refractivity contribution in [3.63, 3.8) is 0 Å². The van der Waals surface area contributed by atoms with E-state index in [2.05, 4.69) is 6.92 Å². The van der Waals surface area contributed by atoms with Crippen LogP contribution < -0.4 is 0 Å². The maximum absolute atomic E-state index is 12.5. The Hall–Kier alpha value is -0.440. The molecule has 0 N–H and O–H groups in total. The van der Waals surface area contributed by atoms with Crippen LogP contribution in [0.2, 0.25) is 0 Å². The zero-order valence-electron chi connectivity index (χ0n) is 20.1. The molecular weight excluding hydrogens is 390 g/mol. The van der Waals surface area contributed by atoms with E-state index in [1.807, 2.05) is 0 Å². The van der Waals surface area contributed by atoms with Crippen molar-refractivity contribution >= 4 is 0 Å². The van der Waals surface area contributed by atoms with Gasteiger partial charge in [-0.1, -0.05) is 71.1 Å². The molecule has 0 bridgehead atoms. The van der Waals surface area contributed by atoms with Crippen molar-refractivity contribution in [2.75, 3.05) is 6.61 Å². The molecule has 0 aromatic rings. The minimum absolute atomic E-state index is 0.106. The average molecular weight is 439 g/mol. The summed E-state index contributed by atoms with van der Waals surface area (Å²) in [5.74, 6) is 3.43. The van der Waals surface area contributed by atoms with Gasteiger partial charge in [0.1, 0.15) is 0 Å². The standard InChI is InChI=1S/C28H48F2O/c1-2-3-4-5-6-7-22-8-10-23(11-9-22)14-18-27-19-17-26(21-31-27)25-15-12-24(13-16-25)20-28(29)30/h20,22-27H,2-19,21H2,1H3. The van der Waals surface area contributed by atoms with Crippen LogP contribution in [-0.4, -0.2) is 12.7 Å². The van der Waals surface area contributed by atoms with Gasteiger partial charge >= 0.3 is 0 Å². The minimum atomic E-state index is -1.50. The molecule has 0 amide bonds. The van der Waals surface area contributed by atoms with Gasteiger partial charge in [-0.3, -0.25) is 0 Å². The van der Waals surface area contributed by atoms with Gasteiger partial charge in [0.25, 0.3) is 6.08 Å². The highest BCUT2D eigenvalue weighted by Gasteiger charge is 2.31. The molecule has 1 aliphatic heterocycles. The van der Waals surface area contributed by atoms with E-state index < -0.39 is 6.08 Å². The van der Waals surface area contributed by atoms with Gasteiger partial charge < -0.3 is 4.74 Å². The topological polar surface area (TPSA) is 9.23 Å². The van der Waals surface area contributed by atoms with Crippen LogP contribution in [0.4, 0.5) is 8.78 Å². The third-order valence-corrected chi connectivity index (χ3v) is 8.83. The Morgan fingerprint density at radius 2 is 1.35 bits per heavy atom. The molecule has 1 heterocycles. The summed E-state index contributed by atoms with van der Waals surface area (Å²) in [4.78, 5) is 0. The molecule has 3 heteroatoms. The van der Waals surface area contributed by atoms with Gasteiger partial charge in [-0.2, -0.15) is 8.78 Å². The fourth-order valence-corrected chi connectivity index (χ4v) is 6.65. The number of rotatable bonds is 11. The van der Waals surface area contributed by atoms with E-state index in [1.54, 1.807) is 0 Å². The molecule has 3 rings (SSSR count). The zero-order valence-corrected chi connectivity index (χ0v) is 20.1. The molecule has 2 saturated carbocycles. The van der Waals surface area contributed by atoms with E-state index in [-0.39, 0.29) is 5.92 Å². The third kappa shape index (κ3) is 9.14. The van der Waals surface area contributed by atoms with Crippen LogP contribution in [-0.2, 0) is 4.74 Å². The molecule has 1 nitrogen and oxygen atoms in total. The second kappa shape index (κ2) is 14.0. The average Bonchev–Trinajstić information content (AvgIpc) is 2.79. The van der Waals surface area contributed by atoms with Crippen molar-refractivity contribution < 1.29 is 13.5 Å². The van der Waals surface area contributed by atoms with Gasteiger partial charge in [-0.25, -0.2) is 0 Å². The maximum Gasteiger partial charge on any atom is 0.266 e. The minimum Gasteiger partial charge on any atom is -0.378 e. The van der Waals surface area contributed by atoms with Crippen molar-refractivity contribution in [1.82, 2.24) is 0 Å². The first kappa shape index (κ1) is 25.2. The van der Waals surface area contributed by atoms with Crippen LogP contribution in [0.5, 0.6) is 0 Å². The van der Waals surface area contributed by atoms with Crippen LogP contribution in [0.1, 0.15) is 122 Å². The van der Waals surface area contributed by atoms with Crippen molar-refractivity contribution in [1.29, 1.82) is 0 Å². The molecular formula is C28H48F2O. The lowest BCUT2D eigenvalue weighted by atomic mass is 9.73. The number of hydrogen-bond donors (Lipinski definition) is 0. The quantitative estimate of drug-likeness (QED) is 0.292. The molecule has 0 spiro atoms. The second-order valence-electron chi connectivity index (χ2n) is 11.1. The van der Waals surface area contributed by atoms with Crippen LogP contribution >= 0.6 is 0 Å². The molecule has 1 saturated heterocycles. The molecule has 2 unspecified atom stereocenters. The summed E-state index contributed by atoms with van der Waals surface area (Å²) >= 11 is 0. The molecule has 3 aliphatic rings. The molecule has 0 radical (unpaired) electrons. The Kier molecular flexibility index (Phi) is 11.3. The summed E-state index contributed by atoms with van der Waals surface area (Å²) in [6.07, 6.45) is 23.8. The van der Waals surface area contributed by atoms with Crippen LogP contribution in [0, 0.1) is 29.6 Å². The SMILES string of the molecule is CCCCCCCC1CCC(CCC2CCC(C3CCC(C=C(F)F)CC3)CO2)CC1. The molecule has 2 atom stereocenters. The van der Waals surface area contributed by atoms with Crippen molar-refractivity contribution in [2.24, 2.45) is 29.6 Å². The largest absolute Gasteiger partial charge is 0.378 e. The summed E-state index contributed by atoms with van der Waals surface area (Å²) < 4.78 is 31.2. The molecule has 3 fully saturated rings. The zero-order chi connectivity index (χ0) is 21.9. The van der Waals surface area contributed by atoms with E-state index in [9.17, 15) is 8.78 Å². The van der Waals surface area contributed by atoms with E-state index in [1.165, 1.54) is 96.0 Å². The number of unbranched alkanes of at least 4 members (excludes halogenated alkanes) is 4. The highest BCUT2D eigenvalue weighted by atomic mass is 19.3. The Labute approximate surface area is 190 Å². The van der Waals surface area contributed by atoms with E-state index in [0.717, 1.165) is 44.1 Å². The first-order valence-corrected chi connectivity index (χ1v) is 13.8.